The number of para-hydroxylation sites is 2. The number of H-pyrrole nitrogens is 1. The van der Waals surface area contributed by atoms with E-state index in [4.69, 9.17) is 0 Å². The number of aromatic nitrogens is 2. The van der Waals surface area contributed by atoms with Crippen LogP contribution in [0.25, 0.3) is 11.0 Å². The van der Waals surface area contributed by atoms with Crippen molar-refractivity contribution >= 4 is 28.5 Å². The molecule has 2 aromatic rings. The predicted molar refractivity (Wildman–Crippen MR) is 95.8 cm³/mol. The van der Waals surface area contributed by atoms with Crippen LogP contribution in [0.1, 0.15) is 46.5 Å². The number of nitrogens with zero attached hydrogens (tertiary/aromatic N) is 2. The molecule has 1 aliphatic carbocycles. The highest BCUT2D eigenvalue weighted by Crippen LogP contribution is 2.36. The van der Waals surface area contributed by atoms with Gasteiger partial charge in [-0.1, -0.05) is 32.9 Å². The van der Waals surface area contributed by atoms with E-state index in [2.05, 4.69) is 15.0 Å². The van der Waals surface area contributed by atoms with Crippen molar-refractivity contribution in [2.75, 3.05) is 0 Å². The molecule has 1 heterocycles. The molecule has 5 nitrogen and oxygen atoms in total. The summed E-state index contributed by atoms with van der Waals surface area (Å²) in [6, 6.07) is 7.71. The second kappa shape index (κ2) is 6.23. The molecular formula is C19H23N3O2. The van der Waals surface area contributed by atoms with E-state index in [1.54, 1.807) is 0 Å². The number of hydrogen-bond donors (Lipinski definition) is 2. The molecule has 0 unspecified atom stereocenters. The van der Waals surface area contributed by atoms with Gasteiger partial charge in [0.1, 0.15) is 5.76 Å². The predicted octanol–water partition coefficient (Wildman–Crippen LogP) is 4.64. The molecule has 0 bridgehead atoms. The van der Waals surface area contributed by atoms with E-state index >= 15 is 0 Å². The van der Waals surface area contributed by atoms with E-state index in [1.807, 2.05) is 45.0 Å². The maximum atomic E-state index is 12.6. The first-order valence-corrected chi connectivity index (χ1v) is 8.37. The number of ketones is 1. The molecule has 1 aliphatic rings. The zero-order chi connectivity index (χ0) is 17.3. The minimum atomic E-state index is -0.169. The van der Waals surface area contributed by atoms with E-state index < -0.39 is 0 Å². The molecule has 0 aliphatic heterocycles. The summed E-state index contributed by atoms with van der Waals surface area (Å²) in [6.45, 7) is 6.07. The summed E-state index contributed by atoms with van der Waals surface area (Å²) in [5.74, 6) is 0.582. The lowest BCUT2D eigenvalue weighted by molar-refractivity contribution is -0.117. The van der Waals surface area contributed by atoms with Gasteiger partial charge in [0.2, 0.25) is 5.95 Å². The van der Waals surface area contributed by atoms with Crippen LogP contribution < -0.4 is 0 Å². The van der Waals surface area contributed by atoms with Crippen molar-refractivity contribution in [3.63, 3.8) is 0 Å². The molecule has 1 aromatic heterocycles. The van der Waals surface area contributed by atoms with Gasteiger partial charge in [0.25, 0.3) is 0 Å². The number of aromatic amines is 1. The van der Waals surface area contributed by atoms with Crippen molar-refractivity contribution in [3.05, 3.63) is 35.6 Å². The van der Waals surface area contributed by atoms with Crippen molar-refractivity contribution in [2.45, 2.75) is 46.5 Å². The molecule has 2 N–H and O–H groups in total. The minimum absolute atomic E-state index is 0.0351. The first kappa shape index (κ1) is 16.4. The number of hydrogen-bond acceptors (Lipinski definition) is 4. The molecule has 1 aromatic carbocycles. The molecule has 3 rings (SSSR count). The summed E-state index contributed by atoms with van der Waals surface area (Å²) in [5, 5.41) is 10.4. The zero-order valence-corrected chi connectivity index (χ0v) is 14.4. The molecule has 126 valence electrons. The third-order valence-electron chi connectivity index (χ3n) is 4.25. The van der Waals surface area contributed by atoms with Crippen LogP contribution in [0.3, 0.4) is 0 Å². The third-order valence-corrected chi connectivity index (χ3v) is 4.25. The number of allylic oxidation sites excluding steroid dienone is 2. The first-order chi connectivity index (χ1) is 11.4. The highest BCUT2D eigenvalue weighted by atomic mass is 16.3. The molecule has 1 saturated carbocycles. The fourth-order valence-corrected chi connectivity index (χ4v) is 3.19. The Morgan fingerprint density at radius 2 is 2.08 bits per heavy atom. The molecule has 0 radical (unpaired) electrons. The van der Waals surface area contributed by atoms with E-state index in [1.165, 1.54) is 0 Å². The first-order valence-electron chi connectivity index (χ1n) is 8.37. The van der Waals surface area contributed by atoms with Crippen LogP contribution >= 0.6 is 0 Å². The number of aliphatic hydroxyl groups is 1. The Kier molecular flexibility index (Phi) is 4.26. The van der Waals surface area contributed by atoms with E-state index in [0.717, 1.165) is 17.5 Å². The van der Waals surface area contributed by atoms with Gasteiger partial charge in [0.15, 0.2) is 5.78 Å². The van der Waals surface area contributed by atoms with Gasteiger partial charge in [-0.15, -0.1) is 0 Å². The van der Waals surface area contributed by atoms with Crippen molar-refractivity contribution in [1.29, 1.82) is 0 Å². The van der Waals surface area contributed by atoms with Crippen LogP contribution in [0.15, 0.2) is 40.6 Å². The van der Waals surface area contributed by atoms with Crippen LogP contribution in [-0.2, 0) is 4.79 Å². The summed E-state index contributed by atoms with van der Waals surface area (Å²) in [7, 11) is 0. The Bertz CT molecular complexity index is 810. The van der Waals surface area contributed by atoms with Gasteiger partial charge in [0, 0.05) is 12.8 Å². The maximum Gasteiger partial charge on any atom is 0.228 e. The third kappa shape index (κ3) is 3.25. The van der Waals surface area contributed by atoms with Gasteiger partial charge in [0.05, 0.1) is 22.3 Å². The zero-order valence-electron chi connectivity index (χ0n) is 14.4. The van der Waals surface area contributed by atoms with Crippen LogP contribution in [0, 0.1) is 5.41 Å². The number of carbonyl (C=O) groups excluding carboxylic acids is 1. The van der Waals surface area contributed by atoms with Gasteiger partial charge in [-0.2, -0.15) is 0 Å². The smallest absolute Gasteiger partial charge is 0.228 e. The number of imidazole rings is 1. The lowest BCUT2D eigenvalue weighted by Gasteiger charge is -2.31. The standard InChI is InChI=1S/C19H23N3O2/c1-4-7-15(23)17-14(10-19(2,3)11-16(17)24)22-18-20-12-8-5-6-9-13(12)21-18/h5-6,8-9,23H,4,7,10-11H2,1-3H3,(H,20,21)/b17-15+,22-14+. The van der Waals surface area contributed by atoms with Crippen LogP contribution in [0.5, 0.6) is 0 Å². The van der Waals surface area contributed by atoms with Crippen LogP contribution in [0.4, 0.5) is 5.95 Å². The number of nitrogens with one attached hydrogen (secondary N) is 1. The number of aliphatic hydroxyl groups excluding tert-OH is 1. The molecule has 0 amide bonds. The average molecular weight is 325 g/mol. The lowest BCUT2D eigenvalue weighted by Crippen LogP contribution is -2.32. The Balaban J connectivity index is 2.08. The molecule has 5 heteroatoms. The monoisotopic (exact) mass is 325 g/mol. The van der Waals surface area contributed by atoms with Crippen molar-refractivity contribution in [1.82, 2.24) is 9.97 Å². The minimum Gasteiger partial charge on any atom is -0.511 e. The molecular weight excluding hydrogens is 302 g/mol. The highest BCUT2D eigenvalue weighted by molar-refractivity contribution is 6.25. The quantitative estimate of drug-likeness (QED) is 0.637. The number of carbonyl (C=O) groups is 1. The van der Waals surface area contributed by atoms with Gasteiger partial charge in [-0.25, -0.2) is 9.98 Å². The Morgan fingerprint density at radius 1 is 1.33 bits per heavy atom. The number of benzene rings is 1. The van der Waals surface area contributed by atoms with Gasteiger partial charge < -0.3 is 10.1 Å². The fraction of sp³-hybridized carbons (Fsp3) is 0.421. The second-order valence-electron chi connectivity index (χ2n) is 7.15. The van der Waals surface area contributed by atoms with Gasteiger partial charge >= 0.3 is 0 Å². The maximum absolute atomic E-state index is 12.6. The van der Waals surface area contributed by atoms with Crippen molar-refractivity contribution in [2.24, 2.45) is 10.4 Å². The number of Topliss-reactive ketones (excluding diaryl/α,β-unsaturated/α-hetero) is 1. The Labute approximate surface area is 141 Å². The summed E-state index contributed by atoms with van der Waals surface area (Å²) in [5.41, 5.74) is 2.58. The van der Waals surface area contributed by atoms with Crippen molar-refractivity contribution < 1.29 is 9.90 Å². The van der Waals surface area contributed by atoms with Crippen LogP contribution in [-0.4, -0.2) is 26.6 Å². The van der Waals surface area contributed by atoms with E-state index in [0.29, 0.717) is 36.5 Å². The second-order valence-corrected chi connectivity index (χ2v) is 7.15. The van der Waals surface area contributed by atoms with E-state index in [9.17, 15) is 9.90 Å². The normalized spacial score (nSPS) is 21.5. The fourth-order valence-electron chi connectivity index (χ4n) is 3.19. The average Bonchev–Trinajstić information content (AvgIpc) is 2.87. The summed E-state index contributed by atoms with van der Waals surface area (Å²) >= 11 is 0. The van der Waals surface area contributed by atoms with Gasteiger partial charge in [-0.3, -0.25) is 4.79 Å². The summed E-state index contributed by atoms with van der Waals surface area (Å²) in [4.78, 5) is 24.8. The Morgan fingerprint density at radius 3 is 2.79 bits per heavy atom. The largest absolute Gasteiger partial charge is 0.511 e. The van der Waals surface area contributed by atoms with Crippen molar-refractivity contribution in [3.8, 4) is 0 Å². The topological polar surface area (TPSA) is 78.3 Å². The van der Waals surface area contributed by atoms with E-state index in [-0.39, 0.29) is 17.0 Å². The summed E-state index contributed by atoms with van der Waals surface area (Å²) < 4.78 is 0. The number of rotatable bonds is 3. The molecule has 0 saturated heterocycles. The molecule has 0 atom stereocenters. The van der Waals surface area contributed by atoms with Gasteiger partial charge in [-0.05, 0) is 30.4 Å². The molecule has 0 spiro atoms. The highest BCUT2D eigenvalue weighted by Gasteiger charge is 2.36. The molecule has 1 fully saturated rings. The number of aliphatic imine (C=N–C) groups is 1. The molecule has 24 heavy (non-hydrogen) atoms. The SMILES string of the molecule is CCC/C(O)=C1\C(=O)CC(C)(C)C\C1=N/c1nc2ccccc2[nH]1. The number of fused-ring (bicyclic) bond motifs is 1. The summed E-state index contributed by atoms with van der Waals surface area (Å²) in [6.07, 6.45) is 2.33. The lowest BCUT2D eigenvalue weighted by atomic mass is 9.73. The van der Waals surface area contributed by atoms with Crippen LogP contribution in [0.2, 0.25) is 0 Å². The Hall–Kier alpha value is -2.43.